The molecule has 0 bridgehead atoms. The Labute approximate surface area is 87.2 Å². The van der Waals surface area contributed by atoms with Crippen LogP contribution in [-0.4, -0.2) is 42.5 Å². The lowest BCUT2D eigenvalue weighted by Crippen LogP contribution is -2.27. The molecule has 15 heavy (non-hydrogen) atoms. The van der Waals surface area contributed by atoms with Gasteiger partial charge in [-0.25, -0.2) is 0 Å². The Bertz CT molecular complexity index is 311. The molecular weight excluding hydrogens is 200 g/mol. The minimum atomic E-state index is -0.308. The monoisotopic (exact) mass is 214 g/mol. The molecule has 0 aromatic carbocycles. The number of rotatable bonds is 6. The van der Waals surface area contributed by atoms with Crippen molar-refractivity contribution in [2.24, 2.45) is 0 Å². The van der Waals surface area contributed by atoms with Crippen LogP contribution >= 0.6 is 0 Å². The van der Waals surface area contributed by atoms with E-state index in [1.807, 2.05) is 0 Å². The van der Waals surface area contributed by atoms with Gasteiger partial charge in [0.1, 0.15) is 0 Å². The minimum absolute atomic E-state index is 0.0187. The first-order chi connectivity index (χ1) is 7.25. The molecule has 0 fully saturated rings. The van der Waals surface area contributed by atoms with E-state index in [1.54, 1.807) is 6.92 Å². The van der Waals surface area contributed by atoms with Crippen molar-refractivity contribution in [1.82, 2.24) is 10.5 Å². The van der Waals surface area contributed by atoms with Crippen molar-refractivity contribution >= 4 is 5.91 Å². The van der Waals surface area contributed by atoms with Crippen LogP contribution in [0.5, 0.6) is 0 Å². The molecule has 0 aliphatic carbocycles. The molecule has 0 radical (unpaired) electrons. The van der Waals surface area contributed by atoms with E-state index in [1.165, 1.54) is 6.20 Å². The lowest BCUT2D eigenvalue weighted by molar-refractivity contribution is 0.0815. The van der Waals surface area contributed by atoms with E-state index in [9.17, 15) is 4.79 Å². The molecule has 1 amide bonds. The Kier molecular flexibility index (Phi) is 4.79. The highest BCUT2D eigenvalue weighted by Gasteiger charge is 2.12. The van der Waals surface area contributed by atoms with Crippen molar-refractivity contribution < 1.29 is 19.2 Å². The lowest BCUT2D eigenvalue weighted by atomic mass is 10.3. The molecule has 1 aromatic heterocycles. The zero-order valence-corrected chi connectivity index (χ0v) is 8.52. The molecule has 84 valence electrons. The summed E-state index contributed by atoms with van der Waals surface area (Å²) in [6, 6.07) is 0. The third kappa shape index (κ3) is 3.69. The van der Waals surface area contributed by atoms with Crippen LogP contribution in [0, 0.1) is 6.92 Å². The number of aryl methyl sites for hydroxylation is 1. The first-order valence-electron chi connectivity index (χ1n) is 4.63. The van der Waals surface area contributed by atoms with Gasteiger partial charge in [0.05, 0.1) is 26.0 Å². The number of carbonyl (C=O) groups is 1. The van der Waals surface area contributed by atoms with E-state index >= 15 is 0 Å². The number of aliphatic hydroxyl groups is 1. The normalized spacial score (nSPS) is 10.3. The van der Waals surface area contributed by atoms with E-state index in [0.717, 1.165) is 0 Å². The predicted molar refractivity (Wildman–Crippen MR) is 51.5 cm³/mol. The largest absolute Gasteiger partial charge is 0.394 e. The second-order valence-electron chi connectivity index (χ2n) is 2.93. The molecule has 1 heterocycles. The number of carbonyl (C=O) groups excluding carboxylic acids is 1. The van der Waals surface area contributed by atoms with E-state index < -0.39 is 0 Å². The topological polar surface area (TPSA) is 84.6 Å². The molecular formula is C9H14N2O4. The predicted octanol–water partition coefficient (Wildman–Crippen LogP) is -0.278. The number of nitrogens with one attached hydrogen (secondary N) is 1. The minimum Gasteiger partial charge on any atom is -0.394 e. The highest BCUT2D eigenvalue weighted by atomic mass is 16.5. The second-order valence-corrected chi connectivity index (χ2v) is 2.93. The fraction of sp³-hybridized carbons (Fsp3) is 0.556. The van der Waals surface area contributed by atoms with Gasteiger partial charge in [-0.2, -0.15) is 0 Å². The number of nitrogens with zero attached hydrogens (tertiary/aromatic N) is 1. The van der Waals surface area contributed by atoms with Crippen molar-refractivity contribution in [2.45, 2.75) is 6.92 Å². The van der Waals surface area contributed by atoms with Crippen molar-refractivity contribution in [3.05, 3.63) is 17.5 Å². The van der Waals surface area contributed by atoms with Gasteiger partial charge in [-0.05, 0) is 6.92 Å². The van der Waals surface area contributed by atoms with E-state index in [-0.39, 0.29) is 24.9 Å². The summed E-state index contributed by atoms with van der Waals surface area (Å²) >= 11 is 0. The number of ether oxygens (including phenoxy) is 1. The molecule has 2 N–H and O–H groups in total. The van der Waals surface area contributed by atoms with E-state index in [0.29, 0.717) is 18.7 Å². The van der Waals surface area contributed by atoms with Gasteiger partial charge in [0.15, 0.2) is 0 Å². The van der Waals surface area contributed by atoms with Crippen LogP contribution in [0.15, 0.2) is 10.7 Å². The first kappa shape index (κ1) is 11.7. The van der Waals surface area contributed by atoms with Gasteiger partial charge in [0, 0.05) is 12.1 Å². The summed E-state index contributed by atoms with van der Waals surface area (Å²) in [5.41, 5.74) is 0.698. The summed E-state index contributed by atoms with van der Waals surface area (Å²) in [5, 5.41) is 14.5. The van der Waals surface area contributed by atoms with Crippen LogP contribution in [-0.2, 0) is 4.74 Å². The van der Waals surface area contributed by atoms with Crippen molar-refractivity contribution in [3.8, 4) is 0 Å². The molecule has 1 aromatic rings. The van der Waals surface area contributed by atoms with E-state index in [4.69, 9.17) is 14.4 Å². The fourth-order valence-electron chi connectivity index (χ4n) is 0.993. The molecule has 0 unspecified atom stereocenters. The van der Waals surface area contributed by atoms with E-state index in [2.05, 4.69) is 10.5 Å². The number of hydrogen-bond acceptors (Lipinski definition) is 5. The summed E-state index contributed by atoms with van der Waals surface area (Å²) < 4.78 is 9.73. The lowest BCUT2D eigenvalue weighted by Gasteiger charge is -2.03. The number of aliphatic hydroxyl groups excluding tert-OH is 1. The smallest absolute Gasteiger partial charge is 0.290 e. The number of amides is 1. The Hall–Kier alpha value is -1.40. The molecule has 1 rings (SSSR count). The first-order valence-corrected chi connectivity index (χ1v) is 4.63. The number of aromatic nitrogens is 1. The van der Waals surface area contributed by atoms with Gasteiger partial charge in [-0.3, -0.25) is 4.79 Å². The quantitative estimate of drug-likeness (QED) is 0.636. The standard InChI is InChI=1S/C9H14N2O4/c1-7-6-11-15-8(7)9(13)10-2-4-14-5-3-12/h6,12H,2-5H2,1H3,(H,10,13). The highest BCUT2D eigenvalue weighted by Crippen LogP contribution is 2.04. The van der Waals surface area contributed by atoms with Gasteiger partial charge in [0.25, 0.3) is 5.91 Å². The van der Waals surface area contributed by atoms with Crippen LogP contribution < -0.4 is 5.32 Å². The van der Waals surface area contributed by atoms with Gasteiger partial charge in [-0.15, -0.1) is 0 Å². The molecule has 0 atom stereocenters. The maximum atomic E-state index is 11.4. The summed E-state index contributed by atoms with van der Waals surface area (Å²) in [6.45, 7) is 2.73. The van der Waals surface area contributed by atoms with Gasteiger partial charge in [0.2, 0.25) is 5.76 Å². The van der Waals surface area contributed by atoms with Crippen LogP contribution in [0.25, 0.3) is 0 Å². The van der Waals surface area contributed by atoms with Gasteiger partial charge < -0.3 is 19.7 Å². The molecule has 0 spiro atoms. The fourth-order valence-corrected chi connectivity index (χ4v) is 0.993. The summed E-state index contributed by atoms with van der Waals surface area (Å²) in [7, 11) is 0. The van der Waals surface area contributed by atoms with Crippen molar-refractivity contribution in [1.29, 1.82) is 0 Å². The van der Waals surface area contributed by atoms with Crippen molar-refractivity contribution in [3.63, 3.8) is 0 Å². The van der Waals surface area contributed by atoms with Gasteiger partial charge >= 0.3 is 0 Å². The summed E-state index contributed by atoms with van der Waals surface area (Å²) in [5.74, 6) is -0.0882. The Morgan fingerprint density at radius 3 is 3.07 bits per heavy atom. The van der Waals surface area contributed by atoms with Gasteiger partial charge in [-0.1, -0.05) is 5.16 Å². The third-order valence-corrected chi connectivity index (χ3v) is 1.72. The molecule has 0 saturated carbocycles. The van der Waals surface area contributed by atoms with Crippen LogP contribution in [0.3, 0.4) is 0 Å². The zero-order chi connectivity index (χ0) is 11.1. The molecule has 6 heteroatoms. The molecule has 0 aliphatic rings. The Morgan fingerprint density at radius 1 is 1.67 bits per heavy atom. The zero-order valence-electron chi connectivity index (χ0n) is 8.52. The summed E-state index contributed by atoms with van der Waals surface area (Å²) in [6.07, 6.45) is 1.48. The van der Waals surface area contributed by atoms with Crippen LogP contribution in [0.2, 0.25) is 0 Å². The Balaban J connectivity index is 2.22. The second kappa shape index (κ2) is 6.15. The maximum absolute atomic E-state index is 11.4. The average molecular weight is 214 g/mol. The summed E-state index contributed by atoms with van der Waals surface area (Å²) in [4.78, 5) is 11.4. The maximum Gasteiger partial charge on any atom is 0.290 e. The molecule has 6 nitrogen and oxygen atoms in total. The molecule has 0 aliphatic heterocycles. The SMILES string of the molecule is Cc1cnoc1C(=O)NCCOCCO. The van der Waals surface area contributed by atoms with Crippen LogP contribution in [0.1, 0.15) is 16.1 Å². The van der Waals surface area contributed by atoms with Crippen LogP contribution in [0.4, 0.5) is 0 Å². The Morgan fingerprint density at radius 2 is 2.47 bits per heavy atom. The molecule has 0 saturated heterocycles. The van der Waals surface area contributed by atoms with Crippen molar-refractivity contribution in [2.75, 3.05) is 26.4 Å². The average Bonchev–Trinajstić information content (AvgIpc) is 2.64. The highest BCUT2D eigenvalue weighted by molar-refractivity contribution is 5.92. The third-order valence-electron chi connectivity index (χ3n) is 1.72. The number of hydrogen-bond donors (Lipinski definition) is 2.